The molecular weight excluding hydrogens is 496 g/mol. The summed E-state index contributed by atoms with van der Waals surface area (Å²) in [5.41, 5.74) is 5.32. The van der Waals surface area contributed by atoms with Gasteiger partial charge in [-0.1, -0.05) is 32.0 Å². The van der Waals surface area contributed by atoms with Crippen LogP contribution in [-0.2, 0) is 11.3 Å². The second kappa shape index (κ2) is 9.84. The topological polar surface area (TPSA) is 111 Å². The summed E-state index contributed by atoms with van der Waals surface area (Å²) in [6.45, 7) is 4.92. The average Bonchev–Trinajstić information content (AvgIpc) is 3.38. The van der Waals surface area contributed by atoms with E-state index in [0.29, 0.717) is 24.0 Å². The van der Waals surface area contributed by atoms with Gasteiger partial charge in [0.05, 0.1) is 17.3 Å². The normalized spacial score (nSPS) is 20.2. The monoisotopic (exact) mass is 526 g/mol. The van der Waals surface area contributed by atoms with E-state index in [9.17, 15) is 22.4 Å². The van der Waals surface area contributed by atoms with Gasteiger partial charge in [-0.05, 0) is 31.7 Å². The van der Waals surface area contributed by atoms with Crippen molar-refractivity contribution >= 4 is 22.7 Å². The van der Waals surface area contributed by atoms with E-state index in [0.717, 1.165) is 4.57 Å². The summed E-state index contributed by atoms with van der Waals surface area (Å²) in [4.78, 5) is 17.6. The molecule has 1 saturated heterocycles. The molecule has 0 saturated carbocycles. The number of carbonyl (C=O) groups is 1. The number of nitrogens with zero attached hydrogens (tertiary/aromatic N) is 4. The number of fused-ring (bicyclic) bond motifs is 1. The smallest absolute Gasteiger partial charge is 0.406 e. The molecule has 1 aromatic carbocycles. The molecule has 0 aliphatic carbocycles. The zero-order valence-electron chi connectivity index (χ0n) is 21.0. The Morgan fingerprint density at radius 2 is 2.05 bits per heavy atom. The number of halogens is 4. The van der Waals surface area contributed by atoms with E-state index in [4.69, 9.17) is 15.0 Å². The number of nitrogens with two attached hydrogens (primary N) is 1. The lowest BCUT2D eigenvalue weighted by Gasteiger charge is -2.33. The predicted molar refractivity (Wildman–Crippen MR) is 129 cm³/mol. The molecule has 37 heavy (non-hydrogen) atoms. The van der Waals surface area contributed by atoms with Crippen LogP contribution in [0.2, 0.25) is 0 Å². The van der Waals surface area contributed by atoms with Crippen LogP contribution < -0.4 is 11.1 Å². The molecule has 1 aliphatic heterocycles. The third kappa shape index (κ3) is 5.97. The van der Waals surface area contributed by atoms with E-state index >= 15 is 0 Å². The number of anilines is 1. The summed E-state index contributed by atoms with van der Waals surface area (Å²) in [6.07, 6.45) is -7.20. The number of piperidine rings is 1. The van der Waals surface area contributed by atoms with Crippen LogP contribution in [0.15, 0.2) is 28.8 Å². The minimum atomic E-state index is -4.54. The number of nitrogens with one attached hydrogen (secondary N) is 1. The van der Waals surface area contributed by atoms with Crippen molar-refractivity contribution in [1.82, 2.24) is 19.6 Å². The predicted octanol–water partition coefficient (Wildman–Crippen LogP) is 4.89. The highest BCUT2D eigenvalue weighted by molar-refractivity contribution is 5.96. The number of carbonyl (C=O) groups excluding carboxylic acids is 1. The van der Waals surface area contributed by atoms with Crippen LogP contribution >= 0.6 is 0 Å². The Hall–Kier alpha value is -3.35. The Kier molecular flexibility index (Phi) is 7.10. The minimum absolute atomic E-state index is 0.0449. The SMILES string of the molecule is CN1CCC(Nc2cccc3c2cc(-c2noc(C(OC(N)=O)C(C)(C)C)n2)n3CC(F)(F)F)C(F)C1. The molecule has 3 heterocycles. The fourth-order valence-electron chi connectivity index (χ4n) is 4.52. The summed E-state index contributed by atoms with van der Waals surface area (Å²) < 4.78 is 67.0. The number of amides is 1. The number of alkyl halides is 4. The first-order valence-electron chi connectivity index (χ1n) is 11.8. The van der Waals surface area contributed by atoms with E-state index in [1.165, 1.54) is 6.07 Å². The van der Waals surface area contributed by atoms with Crippen LogP contribution in [0.5, 0.6) is 0 Å². The van der Waals surface area contributed by atoms with E-state index in [1.54, 1.807) is 39.0 Å². The molecule has 0 radical (unpaired) electrons. The number of likely N-dealkylation sites (tertiary alicyclic amines) is 1. The van der Waals surface area contributed by atoms with E-state index in [-0.39, 0.29) is 29.5 Å². The van der Waals surface area contributed by atoms with E-state index < -0.39 is 42.5 Å². The molecule has 0 bridgehead atoms. The Balaban J connectivity index is 1.78. The number of benzene rings is 1. The second-order valence-electron chi connectivity index (χ2n) is 10.4. The van der Waals surface area contributed by atoms with Crippen LogP contribution in [0.3, 0.4) is 0 Å². The molecule has 1 fully saturated rings. The Bertz CT molecular complexity index is 1270. The van der Waals surface area contributed by atoms with Crippen molar-refractivity contribution in [2.45, 2.75) is 58.2 Å². The molecule has 202 valence electrons. The van der Waals surface area contributed by atoms with Gasteiger partial charge in [0, 0.05) is 29.6 Å². The molecule has 2 aromatic heterocycles. The zero-order chi connectivity index (χ0) is 27.1. The van der Waals surface area contributed by atoms with Gasteiger partial charge in [0.1, 0.15) is 12.7 Å². The molecule has 9 nitrogen and oxygen atoms in total. The van der Waals surface area contributed by atoms with Crippen LogP contribution in [0, 0.1) is 5.41 Å². The quantitative estimate of drug-likeness (QED) is 0.440. The largest absolute Gasteiger partial charge is 0.436 e. The van der Waals surface area contributed by atoms with Gasteiger partial charge in [-0.3, -0.25) is 0 Å². The molecular formula is C24H30F4N6O3. The van der Waals surface area contributed by atoms with Crippen LogP contribution in [0.25, 0.3) is 22.4 Å². The molecule has 3 aromatic rings. The van der Waals surface area contributed by atoms with Crippen LogP contribution in [-0.4, -0.2) is 64.2 Å². The number of hydrogen-bond acceptors (Lipinski definition) is 7. The minimum Gasteiger partial charge on any atom is -0.436 e. The number of rotatable bonds is 6. The summed E-state index contributed by atoms with van der Waals surface area (Å²) in [5.74, 6) is -0.221. The van der Waals surface area contributed by atoms with Crippen molar-refractivity contribution in [2.24, 2.45) is 11.1 Å². The molecule has 3 unspecified atom stereocenters. The van der Waals surface area contributed by atoms with Gasteiger partial charge < -0.3 is 29.8 Å². The summed E-state index contributed by atoms with van der Waals surface area (Å²) in [7, 11) is 1.84. The average molecular weight is 527 g/mol. The van der Waals surface area contributed by atoms with Gasteiger partial charge in [-0.15, -0.1) is 0 Å². The third-order valence-electron chi connectivity index (χ3n) is 6.28. The first-order chi connectivity index (χ1) is 17.2. The number of ether oxygens (including phenoxy) is 1. The van der Waals surface area contributed by atoms with Gasteiger partial charge in [0.25, 0.3) is 5.89 Å². The first kappa shape index (κ1) is 26.7. The van der Waals surface area contributed by atoms with E-state index in [2.05, 4.69) is 15.5 Å². The Morgan fingerprint density at radius 1 is 1.32 bits per heavy atom. The molecule has 1 aliphatic rings. The van der Waals surface area contributed by atoms with Crippen molar-refractivity contribution in [2.75, 3.05) is 25.5 Å². The molecule has 0 spiro atoms. The highest BCUT2D eigenvalue weighted by Crippen LogP contribution is 2.38. The highest BCUT2D eigenvalue weighted by atomic mass is 19.4. The number of aromatic nitrogens is 3. The fourth-order valence-corrected chi connectivity index (χ4v) is 4.52. The van der Waals surface area contributed by atoms with Crippen molar-refractivity contribution < 1.29 is 31.6 Å². The molecule has 3 N–H and O–H groups in total. The second-order valence-corrected chi connectivity index (χ2v) is 10.4. The maximum atomic E-state index is 14.7. The zero-order valence-corrected chi connectivity index (χ0v) is 21.0. The van der Waals surface area contributed by atoms with Crippen LogP contribution in [0.4, 0.5) is 28.0 Å². The summed E-state index contributed by atoms with van der Waals surface area (Å²) in [5, 5.41) is 7.53. The van der Waals surface area contributed by atoms with Gasteiger partial charge in [-0.25, -0.2) is 9.18 Å². The van der Waals surface area contributed by atoms with Crippen molar-refractivity contribution in [3.63, 3.8) is 0 Å². The van der Waals surface area contributed by atoms with Crippen LogP contribution in [0.1, 0.15) is 39.2 Å². The Morgan fingerprint density at radius 3 is 2.68 bits per heavy atom. The standard InChI is InChI=1S/C24H30F4N6O3/c1-23(2,3)19(36-22(29)35)21-31-20(32-37-21)18-10-13-15(30-16-8-9-33(4)11-14(16)25)6-5-7-17(13)34(18)12-24(26,27)28/h5-7,10,14,16,19,30H,8-9,11-12H2,1-4H3,(H2,29,35). The maximum absolute atomic E-state index is 14.7. The van der Waals surface area contributed by atoms with Crippen molar-refractivity contribution in [3.05, 3.63) is 30.2 Å². The summed E-state index contributed by atoms with van der Waals surface area (Å²) >= 11 is 0. The highest BCUT2D eigenvalue weighted by Gasteiger charge is 2.36. The lowest BCUT2D eigenvalue weighted by Crippen LogP contribution is -2.46. The number of primary amides is 1. The molecule has 3 atom stereocenters. The molecule has 4 rings (SSSR count). The van der Waals surface area contributed by atoms with Gasteiger partial charge in [0.2, 0.25) is 5.82 Å². The van der Waals surface area contributed by atoms with E-state index in [1.807, 2.05) is 11.9 Å². The fraction of sp³-hybridized carbons (Fsp3) is 0.542. The maximum Gasteiger partial charge on any atom is 0.406 e. The summed E-state index contributed by atoms with van der Waals surface area (Å²) in [6, 6.07) is 5.90. The number of hydrogen-bond donors (Lipinski definition) is 2. The molecule has 1 amide bonds. The lowest BCUT2D eigenvalue weighted by molar-refractivity contribution is -0.139. The third-order valence-corrected chi connectivity index (χ3v) is 6.28. The molecule has 13 heteroatoms. The van der Waals surface area contributed by atoms with Gasteiger partial charge in [-0.2, -0.15) is 18.2 Å². The van der Waals surface area contributed by atoms with Gasteiger partial charge >= 0.3 is 12.3 Å². The van der Waals surface area contributed by atoms with Crippen molar-refractivity contribution in [1.29, 1.82) is 0 Å². The lowest BCUT2D eigenvalue weighted by atomic mass is 9.89. The Labute approximate surface area is 210 Å². The first-order valence-corrected chi connectivity index (χ1v) is 11.8. The van der Waals surface area contributed by atoms with Gasteiger partial charge in [0.15, 0.2) is 6.10 Å². The van der Waals surface area contributed by atoms with Crippen molar-refractivity contribution in [3.8, 4) is 11.5 Å².